The Labute approximate surface area is 133 Å². The van der Waals surface area contributed by atoms with Crippen molar-refractivity contribution in [1.82, 2.24) is 9.71 Å². The van der Waals surface area contributed by atoms with Gasteiger partial charge in [0.2, 0.25) is 10.0 Å². The average Bonchev–Trinajstić information content (AvgIpc) is 2.94. The number of nitrogens with one attached hydrogen (secondary N) is 2. The first-order valence-corrected chi connectivity index (χ1v) is 8.82. The maximum Gasteiger partial charge on any atom is 0.249 e. The number of pyridine rings is 1. The molecule has 0 unspecified atom stereocenters. The molecule has 0 saturated heterocycles. The lowest BCUT2D eigenvalue weighted by atomic mass is 10.1. The number of nitriles is 1. The fourth-order valence-corrected chi connectivity index (χ4v) is 4.12. The van der Waals surface area contributed by atoms with Gasteiger partial charge in [0, 0.05) is 17.1 Å². The van der Waals surface area contributed by atoms with Crippen LogP contribution in [0.4, 0.5) is 5.69 Å². The number of thiophene rings is 1. The van der Waals surface area contributed by atoms with Crippen LogP contribution >= 0.6 is 11.3 Å². The predicted octanol–water partition coefficient (Wildman–Crippen LogP) is 2.15. The van der Waals surface area contributed by atoms with Crippen molar-refractivity contribution in [2.24, 2.45) is 0 Å². The first kappa shape index (κ1) is 16.4. The Balaban J connectivity index is 2.20. The van der Waals surface area contributed by atoms with Crippen LogP contribution in [0.1, 0.15) is 21.8 Å². The third-order valence-corrected chi connectivity index (χ3v) is 6.06. The highest BCUT2D eigenvalue weighted by Crippen LogP contribution is 2.24. The molecule has 0 amide bonds. The molecular weight excluding hydrogens is 320 g/mol. The molecule has 2 heterocycles. The molecule has 0 atom stereocenters. The molecular formula is C14H16N4O2S2. The third-order valence-electron chi connectivity index (χ3n) is 3.06. The molecule has 0 saturated carbocycles. The maximum atomic E-state index is 11.7. The standard InChI is InChI=1S/C14H16N4O2S2/c1-9-6-13(12(7-15)10(2)18-9)17-8-11-4-5-14(21-11)22(19,20)16-3/h4-6,16H,8H2,1-3H3,(H,17,18). The summed E-state index contributed by atoms with van der Waals surface area (Å²) in [4.78, 5) is 5.13. The van der Waals surface area contributed by atoms with Gasteiger partial charge in [-0.05, 0) is 39.1 Å². The molecule has 2 aromatic rings. The molecule has 0 aliphatic heterocycles. The summed E-state index contributed by atoms with van der Waals surface area (Å²) < 4.78 is 26.0. The zero-order chi connectivity index (χ0) is 16.3. The Morgan fingerprint density at radius 1 is 1.36 bits per heavy atom. The van der Waals surface area contributed by atoms with E-state index >= 15 is 0 Å². The lowest BCUT2D eigenvalue weighted by Gasteiger charge is -2.09. The Hall–Kier alpha value is -1.95. The Morgan fingerprint density at radius 3 is 2.73 bits per heavy atom. The largest absolute Gasteiger partial charge is 0.379 e. The van der Waals surface area contributed by atoms with Gasteiger partial charge in [0.1, 0.15) is 10.3 Å². The predicted molar refractivity (Wildman–Crippen MR) is 86.3 cm³/mol. The van der Waals surface area contributed by atoms with Crippen LogP contribution in [0.15, 0.2) is 22.4 Å². The second-order valence-corrected chi connectivity index (χ2v) is 7.95. The Bertz CT molecular complexity index is 835. The molecule has 0 aliphatic carbocycles. The topological polar surface area (TPSA) is 94.9 Å². The van der Waals surface area contributed by atoms with Crippen molar-refractivity contribution in [2.45, 2.75) is 24.6 Å². The minimum Gasteiger partial charge on any atom is -0.379 e. The Morgan fingerprint density at radius 2 is 2.09 bits per heavy atom. The normalized spacial score (nSPS) is 11.2. The van der Waals surface area contributed by atoms with Crippen LogP contribution in [0.2, 0.25) is 0 Å². The molecule has 6 nitrogen and oxygen atoms in total. The highest BCUT2D eigenvalue weighted by atomic mass is 32.2. The summed E-state index contributed by atoms with van der Waals surface area (Å²) in [6.07, 6.45) is 0. The van der Waals surface area contributed by atoms with Gasteiger partial charge in [0.05, 0.1) is 16.9 Å². The van der Waals surface area contributed by atoms with Gasteiger partial charge in [-0.25, -0.2) is 13.1 Å². The van der Waals surface area contributed by atoms with E-state index in [-0.39, 0.29) is 4.21 Å². The molecule has 2 N–H and O–H groups in total. The monoisotopic (exact) mass is 336 g/mol. The first-order chi connectivity index (χ1) is 10.4. The van der Waals surface area contributed by atoms with Gasteiger partial charge >= 0.3 is 0 Å². The van der Waals surface area contributed by atoms with Gasteiger partial charge in [-0.3, -0.25) is 4.98 Å². The summed E-state index contributed by atoms with van der Waals surface area (Å²) in [7, 11) is -2.02. The number of rotatable bonds is 5. The van der Waals surface area contributed by atoms with Crippen LogP contribution in [0.3, 0.4) is 0 Å². The smallest absolute Gasteiger partial charge is 0.249 e. The van der Waals surface area contributed by atoms with Crippen LogP contribution in [-0.4, -0.2) is 20.4 Å². The van der Waals surface area contributed by atoms with Gasteiger partial charge in [-0.1, -0.05) is 0 Å². The Kier molecular flexibility index (Phi) is 4.81. The fourth-order valence-electron chi connectivity index (χ4n) is 1.99. The molecule has 116 valence electrons. The number of anilines is 1. The minimum atomic E-state index is -3.41. The maximum absolute atomic E-state index is 11.7. The van der Waals surface area contributed by atoms with Crippen molar-refractivity contribution in [2.75, 3.05) is 12.4 Å². The van der Waals surface area contributed by atoms with E-state index in [1.807, 2.05) is 13.0 Å². The average molecular weight is 336 g/mol. The van der Waals surface area contributed by atoms with E-state index in [0.717, 1.165) is 10.6 Å². The van der Waals surface area contributed by atoms with Crippen molar-refractivity contribution in [1.29, 1.82) is 5.26 Å². The number of nitrogens with zero attached hydrogens (tertiary/aromatic N) is 2. The minimum absolute atomic E-state index is 0.273. The second kappa shape index (κ2) is 6.44. The zero-order valence-corrected chi connectivity index (χ0v) is 14.1. The number of aromatic nitrogens is 1. The van der Waals surface area contributed by atoms with E-state index in [2.05, 4.69) is 21.1 Å². The van der Waals surface area contributed by atoms with Crippen molar-refractivity contribution in [3.8, 4) is 6.07 Å². The van der Waals surface area contributed by atoms with Crippen molar-refractivity contribution in [3.05, 3.63) is 40.0 Å². The van der Waals surface area contributed by atoms with Gasteiger partial charge in [0.15, 0.2) is 0 Å². The van der Waals surface area contributed by atoms with E-state index in [1.54, 1.807) is 19.1 Å². The fraction of sp³-hybridized carbons (Fsp3) is 0.286. The van der Waals surface area contributed by atoms with E-state index in [9.17, 15) is 13.7 Å². The van der Waals surface area contributed by atoms with Gasteiger partial charge in [-0.15, -0.1) is 11.3 Å². The van der Waals surface area contributed by atoms with Gasteiger partial charge in [0.25, 0.3) is 0 Å². The molecule has 22 heavy (non-hydrogen) atoms. The molecule has 0 spiro atoms. The summed E-state index contributed by atoms with van der Waals surface area (Å²) in [6, 6.07) is 7.28. The summed E-state index contributed by atoms with van der Waals surface area (Å²) >= 11 is 1.19. The quantitative estimate of drug-likeness (QED) is 0.872. The SMILES string of the molecule is CNS(=O)(=O)c1ccc(CNc2cc(C)nc(C)c2C#N)s1. The van der Waals surface area contributed by atoms with Crippen LogP contribution in [0.25, 0.3) is 0 Å². The third kappa shape index (κ3) is 3.44. The van der Waals surface area contributed by atoms with E-state index in [1.165, 1.54) is 18.4 Å². The summed E-state index contributed by atoms with van der Waals surface area (Å²) in [5.74, 6) is 0. The van der Waals surface area contributed by atoms with Crippen molar-refractivity contribution < 1.29 is 8.42 Å². The highest BCUT2D eigenvalue weighted by Gasteiger charge is 2.14. The van der Waals surface area contributed by atoms with E-state index in [0.29, 0.717) is 23.5 Å². The lowest BCUT2D eigenvalue weighted by molar-refractivity contribution is 0.590. The molecule has 8 heteroatoms. The van der Waals surface area contributed by atoms with E-state index in [4.69, 9.17) is 0 Å². The molecule has 0 radical (unpaired) electrons. The van der Waals surface area contributed by atoms with Gasteiger partial charge in [-0.2, -0.15) is 5.26 Å². The first-order valence-electron chi connectivity index (χ1n) is 6.52. The molecule has 0 aliphatic rings. The lowest BCUT2D eigenvalue weighted by Crippen LogP contribution is -2.17. The molecule has 0 aromatic carbocycles. The number of hydrogen-bond donors (Lipinski definition) is 2. The van der Waals surface area contributed by atoms with Crippen molar-refractivity contribution in [3.63, 3.8) is 0 Å². The molecule has 2 rings (SSSR count). The molecule has 0 bridgehead atoms. The van der Waals surface area contributed by atoms with Crippen LogP contribution < -0.4 is 10.0 Å². The summed E-state index contributed by atoms with van der Waals surface area (Å²) in [6.45, 7) is 4.10. The van der Waals surface area contributed by atoms with Crippen LogP contribution in [0, 0.1) is 25.2 Å². The second-order valence-electron chi connectivity index (χ2n) is 4.67. The van der Waals surface area contributed by atoms with E-state index < -0.39 is 10.0 Å². The molecule has 0 fully saturated rings. The van der Waals surface area contributed by atoms with Gasteiger partial charge < -0.3 is 5.32 Å². The van der Waals surface area contributed by atoms with Crippen molar-refractivity contribution >= 4 is 27.0 Å². The van der Waals surface area contributed by atoms with Crippen LogP contribution in [0.5, 0.6) is 0 Å². The summed E-state index contributed by atoms with van der Waals surface area (Å²) in [5.41, 5.74) is 2.71. The molecule has 2 aromatic heterocycles. The number of aryl methyl sites for hydroxylation is 2. The number of sulfonamides is 1. The zero-order valence-electron chi connectivity index (χ0n) is 12.5. The van der Waals surface area contributed by atoms with Crippen LogP contribution in [-0.2, 0) is 16.6 Å². The summed E-state index contributed by atoms with van der Waals surface area (Å²) in [5, 5.41) is 12.4. The number of hydrogen-bond acceptors (Lipinski definition) is 6. The highest BCUT2D eigenvalue weighted by molar-refractivity contribution is 7.91.